The van der Waals surface area contributed by atoms with Crippen LogP contribution in [0.15, 0.2) is 23.1 Å². The van der Waals surface area contributed by atoms with E-state index in [0.29, 0.717) is 11.6 Å². The molecular formula is C14H19NO2S. The van der Waals surface area contributed by atoms with Crippen molar-refractivity contribution in [3.05, 3.63) is 23.8 Å². The highest BCUT2D eigenvalue weighted by Crippen LogP contribution is 2.31. The van der Waals surface area contributed by atoms with E-state index in [4.69, 9.17) is 10.8 Å². The van der Waals surface area contributed by atoms with Crippen molar-refractivity contribution in [2.24, 2.45) is 11.8 Å². The minimum atomic E-state index is -0.640. The van der Waals surface area contributed by atoms with Crippen LogP contribution in [0.5, 0.6) is 0 Å². The van der Waals surface area contributed by atoms with Gasteiger partial charge in [0, 0.05) is 10.6 Å². The molecule has 0 spiro atoms. The van der Waals surface area contributed by atoms with Gasteiger partial charge in [-0.1, -0.05) is 6.07 Å². The number of hydrogen-bond acceptors (Lipinski definition) is 3. The summed E-state index contributed by atoms with van der Waals surface area (Å²) in [4.78, 5) is 11.7. The lowest BCUT2D eigenvalue weighted by atomic mass is 9.79. The molecule has 3 nitrogen and oxygen atoms in total. The third-order valence-corrected chi connectivity index (χ3v) is 4.20. The number of carbonyl (C=O) groups is 1. The van der Waals surface area contributed by atoms with Crippen LogP contribution in [0.4, 0.5) is 5.69 Å². The van der Waals surface area contributed by atoms with Gasteiger partial charge >= 0.3 is 5.97 Å². The van der Waals surface area contributed by atoms with Gasteiger partial charge in [-0.3, -0.25) is 4.79 Å². The van der Waals surface area contributed by atoms with Crippen LogP contribution in [0.3, 0.4) is 0 Å². The van der Waals surface area contributed by atoms with E-state index < -0.39 is 5.97 Å². The van der Waals surface area contributed by atoms with Gasteiger partial charge in [0.05, 0.1) is 5.92 Å². The molecule has 1 aromatic rings. The first-order valence-corrected chi connectivity index (χ1v) is 6.81. The van der Waals surface area contributed by atoms with Crippen LogP contribution in [0.1, 0.15) is 31.2 Å². The Morgan fingerprint density at radius 1 is 1.33 bits per heavy atom. The van der Waals surface area contributed by atoms with Crippen molar-refractivity contribution >= 4 is 24.3 Å². The maximum Gasteiger partial charge on any atom is 0.306 e. The number of carboxylic acid groups (broad SMARTS) is 1. The first-order valence-electron chi connectivity index (χ1n) is 6.36. The molecule has 0 radical (unpaired) electrons. The highest BCUT2D eigenvalue weighted by molar-refractivity contribution is 7.80. The molecule has 0 bridgehead atoms. The zero-order chi connectivity index (χ0) is 13.1. The van der Waals surface area contributed by atoms with Gasteiger partial charge in [0.1, 0.15) is 0 Å². The fourth-order valence-electron chi connectivity index (χ4n) is 2.66. The summed E-state index contributed by atoms with van der Waals surface area (Å²) in [5, 5.41) is 8.96. The summed E-state index contributed by atoms with van der Waals surface area (Å²) in [6, 6.07) is 5.95. The summed E-state index contributed by atoms with van der Waals surface area (Å²) in [5.74, 6) is -0.177. The minimum Gasteiger partial charge on any atom is -0.481 e. The Hall–Kier alpha value is -1.16. The van der Waals surface area contributed by atoms with Gasteiger partial charge in [-0.2, -0.15) is 0 Å². The van der Waals surface area contributed by atoms with Gasteiger partial charge < -0.3 is 10.8 Å². The molecule has 0 saturated heterocycles. The second-order valence-electron chi connectivity index (χ2n) is 5.15. The van der Waals surface area contributed by atoms with E-state index in [2.05, 4.69) is 12.6 Å². The predicted octanol–water partition coefficient (Wildman–Crippen LogP) is 2.99. The maximum atomic E-state index is 10.9. The molecule has 2 rings (SSSR count). The van der Waals surface area contributed by atoms with Crippen molar-refractivity contribution in [3.63, 3.8) is 0 Å². The van der Waals surface area contributed by atoms with Gasteiger partial charge in [-0.15, -0.1) is 12.6 Å². The summed E-state index contributed by atoms with van der Waals surface area (Å²) in [5.41, 5.74) is 7.68. The molecule has 3 N–H and O–H groups in total. The first-order chi connectivity index (χ1) is 8.56. The Balaban J connectivity index is 1.91. The molecule has 18 heavy (non-hydrogen) atoms. The minimum absolute atomic E-state index is 0.131. The van der Waals surface area contributed by atoms with Gasteiger partial charge in [-0.25, -0.2) is 0 Å². The van der Waals surface area contributed by atoms with Crippen molar-refractivity contribution in [2.45, 2.75) is 37.0 Å². The summed E-state index contributed by atoms with van der Waals surface area (Å²) in [6.45, 7) is 0. The van der Waals surface area contributed by atoms with Crippen LogP contribution in [0.2, 0.25) is 0 Å². The van der Waals surface area contributed by atoms with Gasteiger partial charge in [0.25, 0.3) is 0 Å². The smallest absolute Gasteiger partial charge is 0.306 e. The molecule has 0 heterocycles. The fourth-order valence-corrected chi connectivity index (χ4v) is 2.90. The number of hydrogen-bond donors (Lipinski definition) is 3. The number of anilines is 1. The Morgan fingerprint density at radius 2 is 2.00 bits per heavy atom. The molecular weight excluding hydrogens is 246 g/mol. The highest BCUT2D eigenvalue weighted by atomic mass is 32.1. The van der Waals surface area contributed by atoms with E-state index in [9.17, 15) is 4.79 Å². The Kier molecular flexibility index (Phi) is 4.17. The molecule has 1 aliphatic rings. The summed E-state index contributed by atoms with van der Waals surface area (Å²) >= 11 is 4.32. The van der Waals surface area contributed by atoms with E-state index in [1.165, 1.54) is 5.56 Å². The van der Waals surface area contributed by atoms with Crippen LogP contribution in [0, 0.1) is 11.8 Å². The quantitative estimate of drug-likeness (QED) is 0.581. The zero-order valence-corrected chi connectivity index (χ0v) is 11.2. The number of nitrogens with two attached hydrogens (primary N) is 1. The predicted molar refractivity (Wildman–Crippen MR) is 74.9 cm³/mol. The molecule has 0 amide bonds. The molecule has 98 valence electrons. The van der Waals surface area contributed by atoms with Crippen molar-refractivity contribution in [3.8, 4) is 0 Å². The standard InChI is InChI=1S/C14H19NO2S/c15-12-6-3-10(8-13(12)18)7-9-1-4-11(5-2-9)14(16)17/h3,6,8-9,11,18H,1-2,4-5,7,15H2,(H,16,17). The molecule has 0 atom stereocenters. The molecule has 1 saturated carbocycles. The number of aliphatic carboxylic acids is 1. The normalized spacial score (nSPS) is 23.8. The topological polar surface area (TPSA) is 63.3 Å². The number of rotatable bonds is 3. The number of thiol groups is 1. The van der Waals surface area contributed by atoms with Crippen LogP contribution in [0.25, 0.3) is 0 Å². The maximum absolute atomic E-state index is 10.9. The van der Waals surface area contributed by atoms with Crippen LogP contribution in [-0.2, 0) is 11.2 Å². The van der Waals surface area contributed by atoms with E-state index >= 15 is 0 Å². The molecule has 1 fully saturated rings. The fraction of sp³-hybridized carbons (Fsp3) is 0.500. The Labute approximate surface area is 113 Å². The van der Waals surface area contributed by atoms with E-state index in [-0.39, 0.29) is 5.92 Å². The average molecular weight is 265 g/mol. The lowest BCUT2D eigenvalue weighted by Crippen LogP contribution is -2.22. The molecule has 4 heteroatoms. The van der Waals surface area contributed by atoms with Crippen LogP contribution < -0.4 is 5.73 Å². The van der Waals surface area contributed by atoms with Gasteiger partial charge in [0.15, 0.2) is 0 Å². The monoisotopic (exact) mass is 265 g/mol. The lowest BCUT2D eigenvalue weighted by molar-refractivity contribution is -0.143. The Bertz CT molecular complexity index is 439. The molecule has 1 aliphatic carbocycles. The molecule has 0 unspecified atom stereocenters. The van der Waals surface area contributed by atoms with Crippen molar-refractivity contribution < 1.29 is 9.90 Å². The average Bonchev–Trinajstić information content (AvgIpc) is 2.34. The Morgan fingerprint density at radius 3 is 2.56 bits per heavy atom. The van der Waals surface area contributed by atoms with Crippen LogP contribution >= 0.6 is 12.6 Å². The molecule has 0 aromatic heterocycles. The van der Waals surface area contributed by atoms with Crippen molar-refractivity contribution in [1.82, 2.24) is 0 Å². The largest absolute Gasteiger partial charge is 0.481 e. The second-order valence-corrected chi connectivity index (χ2v) is 5.63. The molecule has 1 aromatic carbocycles. The molecule has 0 aliphatic heterocycles. The number of benzene rings is 1. The SMILES string of the molecule is Nc1ccc(CC2CCC(C(=O)O)CC2)cc1S. The lowest BCUT2D eigenvalue weighted by Gasteiger charge is -2.26. The summed E-state index contributed by atoms with van der Waals surface area (Å²) < 4.78 is 0. The van der Waals surface area contributed by atoms with Crippen LogP contribution in [-0.4, -0.2) is 11.1 Å². The summed E-state index contributed by atoms with van der Waals surface area (Å²) in [7, 11) is 0. The first kappa shape index (κ1) is 13.3. The number of nitrogen functional groups attached to an aromatic ring is 1. The van der Waals surface area contributed by atoms with Gasteiger partial charge in [0.2, 0.25) is 0 Å². The third-order valence-electron chi connectivity index (χ3n) is 3.82. The number of carboxylic acids is 1. The zero-order valence-electron chi connectivity index (χ0n) is 10.3. The third kappa shape index (κ3) is 3.19. The summed E-state index contributed by atoms with van der Waals surface area (Å²) in [6.07, 6.45) is 4.62. The van der Waals surface area contributed by atoms with Gasteiger partial charge in [-0.05, 0) is 55.7 Å². The highest BCUT2D eigenvalue weighted by Gasteiger charge is 2.25. The van der Waals surface area contributed by atoms with E-state index in [1.54, 1.807) is 0 Å². The second kappa shape index (κ2) is 5.65. The van der Waals surface area contributed by atoms with Crippen molar-refractivity contribution in [1.29, 1.82) is 0 Å². The van der Waals surface area contributed by atoms with E-state index in [0.717, 1.165) is 37.0 Å². The van der Waals surface area contributed by atoms with E-state index in [1.807, 2.05) is 18.2 Å². The van der Waals surface area contributed by atoms with Crippen molar-refractivity contribution in [2.75, 3.05) is 5.73 Å².